The number of halogens is 3. The van der Waals surface area contributed by atoms with Gasteiger partial charge in [-0.15, -0.1) is 0 Å². The second-order valence-corrected chi connectivity index (χ2v) is 11.3. The molecule has 1 aromatic heterocycles. The second kappa shape index (κ2) is 14.3. The SMILES string of the molecule is COc1ccc2nccc(C(F)CC[C@@H]3CCN(CCCCc4c(Cl)cccc4Cl)C[C@@H]3CCC(=O)O)c2c1. The van der Waals surface area contributed by atoms with Crippen LogP contribution in [0.1, 0.15) is 62.2 Å². The van der Waals surface area contributed by atoms with E-state index >= 15 is 4.39 Å². The first-order chi connectivity index (χ1) is 18.9. The maximum absolute atomic E-state index is 15.6. The number of methoxy groups -OCH3 is 1. The van der Waals surface area contributed by atoms with Gasteiger partial charge in [-0.25, -0.2) is 4.39 Å². The van der Waals surface area contributed by atoms with Gasteiger partial charge in [0.2, 0.25) is 0 Å². The van der Waals surface area contributed by atoms with Gasteiger partial charge < -0.3 is 14.7 Å². The fraction of sp³-hybridized carbons (Fsp3) is 0.484. The van der Waals surface area contributed by atoms with Gasteiger partial charge in [-0.2, -0.15) is 0 Å². The van der Waals surface area contributed by atoms with Crippen LogP contribution in [0.5, 0.6) is 5.75 Å². The summed E-state index contributed by atoms with van der Waals surface area (Å²) in [4.78, 5) is 18.2. The van der Waals surface area contributed by atoms with E-state index in [9.17, 15) is 9.90 Å². The standard InChI is InChI=1S/C31H37Cl2FN2O3/c1-39-23-10-12-30-26(19-23)24(14-16-35-30)29(34)11-8-21-15-18-36(20-22(21)9-13-31(37)38)17-3-2-5-25-27(32)6-4-7-28(25)33/h4,6-7,10,12,14,16,19,21-22,29H,2-3,5,8-9,11,13,15,17-18,20H2,1H3,(H,37,38)/t21-,22+,29?/m1/s1. The molecule has 210 valence electrons. The van der Waals surface area contributed by atoms with Crippen molar-refractivity contribution in [1.82, 2.24) is 9.88 Å². The monoisotopic (exact) mass is 574 g/mol. The predicted octanol–water partition coefficient (Wildman–Crippen LogP) is 8.17. The summed E-state index contributed by atoms with van der Waals surface area (Å²) in [5, 5.41) is 11.5. The van der Waals surface area contributed by atoms with Crippen LogP contribution in [0, 0.1) is 11.8 Å². The van der Waals surface area contributed by atoms with E-state index in [-0.39, 0.29) is 12.3 Å². The number of benzene rings is 2. The molecule has 0 spiro atoms. The molecule has 0 radical (unpaired) electrons. The lowest BCUT2D eigenvalue weighted by atomic mass is 9.79. The Morgan fingerprint density at radius 1 is 1.15 bits per heavy atom. The molecule has 0 amide bonds. The summed E-state index contributed by atoms with van der Waals surface area (Å²) in [5.74, 6) is 0.459. The minimum absolute atomic E-state index is 0.147. The van der Waals surface area contributed by atoms with Gasteiger partial charge in [-0.1, -0.05) is 29.3 Å². The predicted molar refractivity (Wildman–Crippen MR) is 156 cm³/mol. The molecule has 0 bridgehead atoms. The topological polar surface area (TPSA) is 62.7 Å². The summed E-state index contributed by atoms with van der Waals surface area (Å²) in [6, 6.07) is 12.9. The summed E-state index contributed by atoms with van der Waals surface area (Å²) >= 11 is 12.6. The highest BCUT2D eigenvalue weighted by Crippen LogP contribution is 2.37. The van der Waals surface area contributed by atoms with Gasteiger partial charge in [-0.05, 0) is 117 Å². The fourth-order valence-electron chi connectivity index (χ4n) is 5.85. The minimum atomic E-state index is -1.11. The van der Waals surface area contributed by atoms with E-state index in [0.29, 0.717) is 40.1 Å². The molecule has 1 N–H and O–H groups in total. The third kappa shape index (κ3) is 8.06. The third-order valence-corrected chi connectivity index (χ3v) is 8.74. The highest BCUT2D eigenvalue weighted by molar-refractivity contribution is 6.35. The largest absolute Gasteiger partial charge is 0.497 e. The molecular weight excluding hydrogens is 538 g/mol. The van der Waals surface area contributed by atoms with Crippen LogP contribution in [-0.4, -0.2) is 47.7 Å². The zero-order valence-corrected chi connectivity index (χ0v) is 23.9. The van der Waals surface area contributed by atoms with Crippen LogP contribution >= 0.6 is 23.2 Å². The van der Waals surface area contributed by atoms with Gasteiger partial charge in [-0.3, -0.25) is 9.78 Å². The van der Waals surface area contributed by atoms with Gasteiger partial charge in [0.1, 0.15) is 11.9 Å². The number of ether oxygens (including phenoxy) is 1. The molecule has 1 aliphatic heterocycles. The van der Waals surface area contributed by atoms with E-state index < -0.39 is 12.1 Å². The van der Waals surface area contributed by atoms with Crippen molar-refractivity contribution in [3.63, 3.8) is 0 Å². The van der Waals surface area contributed by atoms with Crippen LogP contribution in [0.15, 0.2) is 48.7 Å². The number of pyridine rings is 1. The van der Waals surface area contributed by atoms with E-state index in [1.165, 1.54) is 0 Å². The number of hydrogen-bond acceptors (Lipinski definition) is 4. The molecule has 3 atom stereocenters. The number of rotatable bonds is 13. The lowest BCUT2D eigenvalue weighted by Gasteiger charge is -2.39. The Balaban J connectivity index is 1.32. The first-order valence-electron chi connectivity index (χ1n) is 13.8. The number of unbranched alkanes of at least 4 members (excludes halogenated alkanes) is 1. The molecule has 1 saturated heterocycles. The highest BCUT2D eigenvalue weighted by atomic mass is 35.5. The van der Waals surface area contributed by atoms with E-state index in [1.807, 2.05) is 36.4 Å². The Labute approximate surface area is 240 Å². The van der Waals surface area contributed by atoms with Crippen molar-refractivity contribution < 1.29 is 19.0 Å². The molecule has 1 fully saturated rings. The number of likely N-dealkylation sites (tertiary alicyclic amines) is 1. The van der Waals surface area contributed by atoms with Crippen LogP contribution in [0.25, 0.3) is 10.9 Å². The molecule has 2 heterocycles. The first-order valence-corrected chi connectivity index (χ1v) is 14.5. The van der Waals surface area contributed by atoms with Gasteiger partial charge in [0.25, 0.3) is 0 Å². The van der Waals surface area contributed by atoms with E-state index in [2.05, 4.69) is 9.88 Å². The summed E-state index contributed by atoms with van der Waals surface area (Å²) < 4.78 is 20.9. The Hall–Kier alpha value is -2.41. The molecule has 0 aliphatic carbocycles. The number of nitrogens with zero attached hydrogens (tertiary/aromatic N) is 2. The van der Waals surface area contributed by atoms with Crippen LogP contribution in [-0.2, 0) is 11.2 Å². The van der Waals surface area contributed by atoms with Crippen LogP contribution < -0.4 is 4.74 Å². The van der Waals surface area contributed by atoms with Gasteiger partial charge in [0, 0.05) is 34.6 Å². The lowest BCUT2D eigenvalue weighted by molar-refractivity contribution is -0.137. The Morgan fingerprint density at radius 2 is 1.95 bits per heavy atom. The number of alkyl halides is 1. The van der Waals surface area contributed by atoms with E-state index in [1.54, 1.807) is 19.4 Å². The normalized spacial score (nSPS) is 18.8. The number of fused-ring (bicyclic) bond motifs is 1. The zero-order chi connectivity index (χ0) is 27.8. The molecule has 4 rings (SSSR count). The molecule has 3 aromatic rings. The molecule has 1 aliphatic rings. The van der Waals surface area contributed by atoms with Crippen molar-refractivity contribution in [1.29, 1.82) is 0 Å². The maximum atomic E-state index is 15.6. The molecule has 2 aromatic carbocycles. The molecule has 8 heteroatoms. The first kappa shape index (κ1) is 29.6. The van der Waals surface area contributed by atoms with Crippen molar-refractivity contribution >= 4 is 40.1 Å². The van der Waals surface area contributed by atoms with Crippen LogP contribution in [0.3, 0.4) is 0 Å². The number of aromatic nitrogens is 1. The average Bonchev–Trinajstić information content (AvgIpc) is 2.93. The summed E-state index contributed by atoms with van der Waals surface area (Å²) in [6.07, 6.45) is 6.25. The number of piperidine rings is 1. The van der Waals surface area contributed by atoms with Crippen molar-refractivity contribution in [3.8, 4) is 5.75 Å². The van der Waals surface area contributed by atoms with Gasteiger partial charge in [0.05, 0.1) is 12.6 Å². The Morgan fingerprint density at radius 3 is 2.69 bits per heavy atom. The third-order valence-electron chi connectivity index (χ3n) is 8.03. The minimum Gasteiger partial charge on any atom is -0.497 e. The lowest BCUT2D eigenvalue weighted by Crippen LogP contribution is -2.41. The number of carboxylic acid groups (broad SMARTS) is 1. The summed E-state index contributed by atoms with van der Waals surface area (Å²) in [7, 11) is 1.60. The van der Waals surface area contributed by atoms with Gasteiger partial charge in [0.15, 0.2) is 0 Å². The average molecular weight is 576 g/mol. The van der Waals surface area contributed by atoms with Gasteiger partial charge >= 0.3 is 5.97 Å². The van der Waals surface area contributed by atoms with E-state index in [0.717, 1.165) is 68.2 Å². The molecular formula is C31H37Cl2FN2O3. The molecule has 5 nitrogen and oxygen atoms in total. The molecule has 1 unspecified atom stereocenters. The van der Waals surface area contributed by atoms with Crippen molar-refractivity contribution in [2.75, 3.05) is 26.7 Å². The van der Waals surface area contributed by atoms with Crippen molar-refractivity contribution in [2.45, 2.75) is 57.5 Å². The zero-order valence-electron chi connectivity index (χ0n) is 22.4. The van der Waals surface area contributed by atoms with Crippen LogP contribution in [0.2, 0.25) is 10.0 Å². The number of hydrogen-bond donors (Lipinski definition) is 1. The summed E-state index contributed by atoms with van der Waals surface area (Å²) in [5.41, 5.74) is 2.39. The van der Waals surface area contributed by atoms with Crippen LogP contribution in [0.4, 0.5) is 4.39 Å². The Kier molecular flexibility index (Phi) is 10.8. The Bertz CT molecular complexity index is 1240. The van der Waals surface area contributed by atoms with Crippen molar-refractivity contribution in [2.24, 2.45) is 11.8 Å². The maximum Gasteiger partial charge on any atom is 0.303 e. The number of aliphatic carboxylic acids is 1. The highest BCUT2D eigenvalue weighted by Gasteiger charge is 2.30. The van der Waals surface area contributed by atoms with Crippen molar-refractivity contribution in [3.05, 3.63) is 69.8 Å². The molecule has 0 saturated carbocycles. The summed E-state index contributed by atoms with van der Waals surface area (Å²) in [6.45, 7) is 2.76. The number of carboxylic acids is 1. The quantitative estimate of drug-likeness (QED) is 0.208. The second-order valence-electron chi connectivity index (χ2n) is 10.5. The number of carbonyl (C=O) groups is 1. The molecule has 39 heavy (non-hydrogen) atoms. The fourth-order valence-corrected chi connectivity index (χ4v) is 6.43. The smallest absolute Gasteiger partial charge is 0.303 e. The van der Waals surface area contributed by atoms with E-state index in [4.69, 9.17) is 27.9 Å².